The minimum atomic E-state index is -3.31. The normalized spacial score (nSPS) is 21.3. The first-order chi connectivity index (χ1) is 8.59. The number of sulfonamides is 1. The van der Waals surface area contributed by atoms with E-state index >= 15 is 0 Å². The van der Waals surface area contributed by atoms with Crippen LogP contribution in [0, 0.1) is 0 Å². The SMILES string of the molecule is O=S(=O)(CCl)NC1CCN(Cc2ccccc2)C1. The van der Waals surface area contributed by atoms with Crippen molar-refractivity contribution in [2.45, 2.75) is 19.0 Å². The smallest absolute Gasteiger partial charge is 0.225 e. The maximum absolute atomic E-state index is 11.4. The molecule has 1 aliphatic heterocycles. The van der Waals surface area contributed by atoms with E-state index in [4.69, 9.17) is 11.6 Å². The first-order valence-electron chi connectivity index (χ1n) is 5.91. The number of hydrogen-bond acceptors (Lipinski definition) is 3. The lowest BCUT2D eigenvalue weighted by Crippen LogP contribution is -2.37. The third kappa shape index (κ3) is 3.95. The zero-order chi connectivity index (χ0) is 13.0. The molecular weight excluding hydrogens is 272 g/mol. The molecule has 0 amide bonds. The van der Waals surface area contributed by atoms with E-state index < -0.39 is 10.0 Å². The molecule has 6 heteroatoms. The molecule has 1 aromatic carbocycles. The molecule has 1 heterocycles. The molecule has 0 spiro atoms. The molecule has 1 atom stereocenters. The number of benzene rings is 1. The summed E-state index contributed by atoms with van der Waals surface area (Å²) in [7, 11) is -3.31. The predicted molar refractivity (Wildman–Crippen MR) is 72.9 cm³/mol. The van der Waals surface area contributed by atoms with Gasteiger partial charge in [0.25, 0.3) is 0 Å². The number of halogens is 1. The van der Waals surface area contributed by atoms with E-state index in [-0.39, 0.29) is 11.3 Å². The van der Waals surface area contributed by atoms with E-state index in [1.54, 1.807) is 0 Å². The lowest BCUT2D eigenvalue weighted by Gasteiger charge is -2.16. The number of hydrogen-bond donors (Lipinski definition) is 1. The van der Waals surface area contributed by atoms with Gasteiger partial charge >= 0.3 is 0 Å². The fourth-order valence-corrected chi connectivity index (χ4v) is 3.15. The van der Waals surface area contributed by atoms with Crippen LogP contribution in [0.5, 0.6) is 0 Å². The Morgan fingerprint density at radius 1 is 1.33 bits per heavy atom. The van der Waals surface area contributed by atoms with Gasteiger partial charge in [0.05, 0.1) is 0 Å². The molecule has 0 bridgehead atoms. The fraction of sp³-hybridized carbons (Fsp3) is 0.500. The van der Waals surface area contributed by atoms with Crippen LogP contribution in [0.15, 0.2) is 30.3 Å². The van der Waals surface area contributed by atoms with Gasteiger partial charge in [-0.15, -0.1) is 11.6 Å². The Morgan fingerprint density at radius 2 is 2.06 bits per heavy atom. The van der Waals surface area contributed by atoms with Gasteiger partial charge in [-0.25, -0.2) is 13.1 Å². The van der Waals surface area contributed by atoms with Crippen molar-refractivity contribution in [3.63, 3.8) is 0 Å². The molecular formula is C12H17ClN2O2S. The number of nitrogens with one attached hydrogen (secondary N) is 1. The van der Waals surface area contributed by atoms with Gasteiger partial charge in [0.1, 0.15) is 5.21 Å². The highest BCUT2D eigenvalue weighted by molar-refractivity contribution is 7.90. The van der Waals surface area contributed by atoms with Crippen LogP contribution in [0.25, 0.3) is 0 Å². The van der Waals surface area contributed by atoms with Gasteiger partial charge in [-0.05, 0) is 12.0 Å². The van der Waals surface area contributed by atoms with E-state index in [1.807, 2.05) is 18.2 Å². The number of likely N-dealkylation sites (tertiary alicyclic amines) is 1. The van der Waals surface area contributed by atoms with Gasteiger partial charge in [-0.1, -0.05) is 30.3 Å². The molecule has 1 aromatic rings. The summed E-state index contributed by atoms with van der Waals surface area (Å²) in [5.41, 5.74) is 1.25. The van der Waals surface area contributed by atoms with Crippen LogP contribution in [-0.2, 0) is 16.6 Å². The Hall–Kier alpha value is -0.620. The highest BCUT2D eigenvalue weighted by Gasteiger charge is 2.25. The summed E-state index contributed by atoms with van der Waals surface area (Å²) in [6, 6.07) is 10.2. The van der Waals surface area contributed by atoms with Crippen molar-refractivity contribution < 1.29 is 8.42 Å². The first-order valence-corrected chi connectivity index (χ1v) is 8.10. The summed E-state index contributed by atoms with van der Waals surface area (Å²) in [4.78, 5) is 2.25. The van der Waals surface area contributed by atoms with Crippen molar-refractivity contribution in [3.05, 3.63) is 35.9 Å². The Labute approximate surface area is 113 Å². The average Bonchev–Trinajstić information content (AvgIpc) is 2.77. The first kappa shape index (κ1) is 13.8. The van der Waals surface area contributed by atoms with Crippen LogP contribution in [0.4, 0.5) is 0 Å². The quantitative estimate of drug-likeness (QED) is 0.833. The summed E-state index contributed by atoms with van der Waals surface area (Å²) >= 11 is 5.37. The maximum atomic E-state index is 11.4. The van der Waals surface area contributed by atoms with Crippen LogP contribution < -0.4 is 4.72 Å². The molecule has 100 valence electrons. The third-order valence-electron chi connectivity index (χ3n) is 3.01. The molecule has 1 aliphatic rings. The molecule has 0 aliphatic carbocycles. The monoisotopic (exact) mass is 288 g/mol. The lowest BCUT2D eigenvalue weighted by molar-refractivity contribution is 0.324. The zero-order valence-corrected chi connectivity index (χ0v) is 11.6. The second-order valence-corrected chi connectivity index (χ2v) is 6.89. The summed E-state index contributed by atoms with van der Waals surface area (Å²) in [5.74, 6) is 0. The molecule has 1 fully saturated rings. The van der Waals surface area contributed by atoms with Gasteiger partial charge < -0.3 is 0 Å². The molecule has 18 heavy (non-hydrogen) atoms. The highest BCUT2D eigenvalue weighted by Crippen LogP contribution is 2.14. The van der Waals surface area contributed by atoms with Crippen molar-refractivity contribution in [1.29, 1.82) is 0 Å². The minimum absolute atomic E-state index is 0.0162. The topological polar surface area (TPSA) is 49.4 Å². The minimum Gasteiger partial charge on any atom is -0.297 e. The van der Waals surface area contributed by atoms with Crippen molar-refractivity contribution in [2.75, 3.05) is 18.3 Å². The molecule has 0 saturated carbocycles. The van der Waals surface area contributed by atoms with Crippen molar-refractivity contribution in [1.82, 2.24) is 9.62 Å². The van der Waals surface area contributed by atoms with Crippen molar-refractivity contribution in [3.8, 4) is 0 Å². The van der Waals surface area contributed by atoms with Crippen LogP contribution in [0.3, 0.4) is 0 Å². The maximum Gasteiger partial charge on any atom is 0.225 e. The molecule has 2 rings (SSSR count). The van der Waals surface area contributed by atoms with Crippen molar-refractivity contribution in [2.24, 2.45) is 0 Å². The number of rotatable bonds is 5. The second kappa shape index (κ2) is 6.02. The van der Waals surface area contributed by atoms with Crippen LogP contribution in [0.1, 0.15) is 12.0 Å². The Bertz CT molecular complexity index is 478. The van der Waals surface area contributed by atoms with E-state index in [0.717, 1.165) is 26.1 Å². The highest BCUT2D eigenvalue weighted by atomic mass is 35.5. The molecule has 0 aromatic heterocycles. The van der Waals surface area contributed by atoms with E-state index in [1.165, 1.54) is 5.56 Å². The van der Waals surface area contributed by atoms with E-state index in [9.17, 15) is 8.42 Å². The van der Waals surface area contributed by atoms with Gasteiger partial charge in [-0.2, -0.15) is 0 Å². The van der Waals surface area contributed by atoms with Gasteiger partial charge in [0, 0.05) is 25.7 Å². The second-order valence-electron chi connectivity index (χ2n) is 4.55. The average molecular weight is 289 g/mol. The van der Waals surface area contributed by atoms with Crippen molar-refractivity contribution >= 4 is 21.6 Å². The van der Waals surface area contributed by atoms with Crippen LogP contribution in [-0.4, -0.2) is 37.7 Å². The molecule has 0 radical (unpaired) electrons. The zero-order valence-electron chi connectivity index (χ0n) is 10.0. The van der Waals surface area contributed by atoms with E-state index in [2.05, 4.69) is 21.8 Å². The summed E-state index contributed by atoms with van der Waals surface area (Å²) in [6.45, 7) is 2.51. The Kier molecular flexibility index (Phi) is 4.61. The van der Waals surface area contributed by atoms with Gasteiger partial charge in [0.15, 0.2) is 0 Å². The lowest BCUT2D eigenvalue weighted by atomic mass is 10.2. The van der Waals surface area contributed by atoms with Crippen LogP contribution in [0.2, 0.25) is 0 Å². The van der Waals surface area contributed by atoms with Gasteiger partial charge in [-0.3, -0.25) is 4.90 Å². The van der Waals surface area contributed by atoms with E-state index in [0.29, 0.717) is 0 Å². The Balaban J connectivity index is 1.86. The van der Waals surface area contributed by atoms with Crippen LogP contribution >= 0.6 is 11.6 Å². The molecule has 1 unspecified atom stereocenters. The summed E-state index contributed by atoms with van der Waals surface area (Å²) < 4.78 is 25.3. The Morgan fingerprint density at radius 3 is 2.72 bits per heavy atom. The number of nitrogens with zero attached hydrogens (tertiary/aromatic N) is 1. The summed E-state index contributed by atoms with van der Waals surface area (Å²) in [5, 5.41) is -0.373. The molecule has 4 nitrogen and oxygen atoms in total. The third-order valence-corrected chi connectivity index (χ3v) is 4.85. The molecule has 1 saturated heterocycles. The molecule has 1 N–H and O–H groups in total. The standard InChI is InChI=1S/C12H17ClN2O2S/c13-10-18(16,17)14-12-6-7-15(9-12)8-11-4-2-1-3-5-11/h1-5,12,14H,6-10H2. The largest absolute Gasteiger partial charge is 0.297 e. The fourth-order valence-electron chi connectivity index (χ4n) is 2.20. The van der Waals surface area contributed by atoms with Gasteiger partial charge in [0.2, 0.25) is 10.0 Å². The predicted octanol–water partition coefficient (Wildman–Crippen LogP) is 1.38. The summed E-state index contributed by atoms with van der Waals surface area (Å²) in [6.07, 6.45) is 0.836. The number of alkyl halides is 1.